The van der Waals surface area contributed by atoms with Crippen molar-refractivity contribution in [2.75, 3.05) is 0 Å². The Morgan fingerprint density at radius 3 is 2.40 bits per heavy atom. The van der Waals surface area contributed by atoms with Crippen LogP contribution in [-0.4, -0.2) is 20.6 Å². The van der Waals surface area contributed by atoms with Crippen LogP contribution in [0.1, 0.15) is 34.5 Å². The van der Waals surface area contributed by atoms with Gasteiger partial charge in [-0.15, -0.1) is 0 Å². The van der Waals surface area contributed by atoms with Crippen molar-refractivity contribution in [3.63, 3.8) is 0 Å². The molecule has 2 aromatic heterocycles. The van der Waals surface area contributed by atoms with Gasteiger partial charge in [-0.1, -0.05) is 60.7 Å². The van der Waals surface area contributed by atoms with Gasteiger partial charge in [0.1, 0.15) is 17.0 Å². The van der Waals surface area contributed by atoms with E-state index < -0.39 is 11.5 Å². The highest BCUT2D eigenvalue weighted by atomic mass is 16.3. The first kappa shape index (κ1) is 19.4. The van der Waals surface area contributed by atoms with Crippen molar-refractivity contribution in [3.05, 3.63) is 106 Å². The minimum atomic E-state index is -0.624. The van der Waals surface area contributed by atoms with Crippen molar-refractivity contribution in [2.24, 2.45) is 0 Å². The van der Waals surface area contributed by atoms with Crippen LogP contribution < -0.4 is 10.9 Å². The molecule has 4 aromatic rings. The molecule has 6 nitrogen and oxygen atoms in total. The first-order valence-electron chi connectivity index (χ1n) is 9.66. The minimum Gasteiger partial charge on any atom is -0.506 e. The Labute approximate surface area is 173 Å². The second-order valence-electron chi connectivity index (χ2n) is 7.08. The number of amides is 1. The van der Waals surface area contributed by atoms with Crippen LogP contribution in [0.4, 0.5) is 0 Å². The third kappa shape index (κ3) is 3.67. The maximum atomic E-state index is 13.3. The van der Waals surface area contributed by atoms with Gasteiger partial charge in [-0.25, -0.2) is 4.98 Å². The Hall–Kier alpha value is -3.93. The summed E-state index contributed by atoms with van der Waals surface area (Å²) in [5, 5.41) is 13.9. The fraction of sp³-hybridized carbons (Fsp3) is 0.125. The van der Waals surface area contributed by atoms with Crippen LogP contribution in [0.5, 0.6) is 5.75 Å². The maximum Gasteiger partial charge on any atom is 0.269 e. The zero-order chi connectivity index (χ0) is 21.1. The fourth-order valence-corrected chi connectivity index (χ4v) is 3.48. The average molecular weight is 399 g/mol. The van der Waals surface area contributed by atoms with Crippen LogP contribution in [0.3, 0.4) is 0 Å². The predicted octanol–water partition coefficient (Wildman–Crippen LogP) is 3.64. The van der Waals surface area contributed by atoms with E-state index in [1.165, 1.54) is 4.57 Å². The van der Waals surface area contributed by atoms with E-state index in [0.29, 0.717) is 11.0 Å². The van der Waals surface area contributed by atoms with Gasteiger partial charge in [0.05, 0.1) is 18.0 Å². The summed E-state index contributed by atoms with van der Waals surface area (Å²) in [6.45, 7) is 2.07. The molecule has 1 atom stereocenters. The van der Waals surface area contributed by atoms with E-state index in [2.05, 4.69) is 10.3 Å². The molecule has 2 N–H and O–H groups in total. The molecule has 6 heteroatoms. The summed E-state index contributed by atoms with van der Waals surface area (Å²) in [5.41, 5.74) is 1.25. The molecule has 0 aliphatic carbocycles. The molecule has 0 aliphatic heterocycles. The molecule has 0 spiro atoms. The molecule has 2 aromatic carbocycles. The first-order chi connectivity index (χ1) is 14.6. The van der Waals surface area contributed by atoms with Crippen LogP contribution >= 0.6 is 0 Å². The smallest absolute Gasteiger partial charge is 0.269 e. The highest BCUT2D eigenvalue weighted by molar-refractivity contribution is 6.01. The van der Waals surface area contributed by atoms with Gasteiger partial charge in [-0.3, -0.25) is 14.2 Å². The predicted molar refractivity (Wildman–Crippen MR) is 116 cm³/mol. The number of hydrogen-bond acceptors (Lipinski definition) is 4. The molecule has 30 heavy (non-hydrogen) atoms. The van der Waals surface area contributed by atoms with Gasteiger partial charge in [-0.05, 0) is 30.2 Å². The van der Waals surface area contributed by atoms with Gasteiger partial charge in [0.2, 0.25) is 0 Å². The van der Waals surface area contributed by atoms with E-state index in [1.54, 1.807) is 18.3 Å². The number of aromatic hydroxyl groups is 1. The van der Waals surface area contributed by atoms with Crippen molar-refractivity contribution in [1.82, 2.24) is 14.9 Å². The van der Waals surface area contributed by atoms with Gasteiger partial charge in [0, 0.05) is 6.20 Å². The number of aromatic nitrogens is 2. The third-order valence-electron chi connectivity index (χ3n) is 5.05. The molecule has 0 bridgehead atoms. The summed E-state index contributed by atoms with van der Waals surface area (Å²) in [6.07, 6.45) is 1.56. The summed E-state index contributed by atoms with van der Waals surface area (Å²) in [4.78, 5) is 30.6. The zero-order valence-corrected chi connectivity index (χ0v) is 16.4. The largest absolute Gasteiger partial charge is 0.506 e. The van der Waals surface area contributed by atoms with E-state index in [9.17, 15) is 14.7 Å². The topological polar surface area (TPSA) is 84.2 Å². The number of carbonyl (C=O) groups excluding carboxylic acids is 1. The summed E-state index contributed by atoms with van der Waals surface area (Å²) in [5.74, 6) is -0.980. The van der Waals surface area contributed by atoms with Crippen LogP contribution in [0.25, 0.3) is 11.0 Å². The van der Waals surface area contributed by atoms with E-state index >= 15 is 0 Å². The van der Waals surface area contributed by atoms with Crippen LogP contribution in [0.2, 0.25) is 0 Å². The Morgan fingerprint density at radius 1 is 1.03 bits per heavy atom. The van der Waals surface area contributed by atoms with E-state index in [4.69, 9.17) is 0 Å². The van der Waals surface area contributed by atoms with Crippen LogP contribution in [0, 0.1) is 0 Å². The summed E-state index contributed by atoms with van der Waals surface area (Å²) < 4.78 is 1.42. The minimum absolute atomic E-state index is 0.238. The van der Waals surface area contributed by atoms with Gasteiger partial charge < -0.3 is 10.4 Å². The Kier molecular flexibility index (Phi) is 5.30. The first-order valence-corrected chi connectivity index (χ1v) is 9.66. The Morgan fingerprint density at radius 2 is 1.70 bits per heavy atom. The van der Waals surface area contributed by atoms with Crippen molar-refractivity contribution in [2.45, 2.75) is 19.5 Å². The van der Waals surface area contributed by atoms with Crippen molar-refractivity contribution < 1.29 is 9.90 Å². The van der Waals surface area contributed by atoms with Gasteiger partial charge in [0.25, 0.3) is 11.5 Å². The Balaban J connectivity index is 1.80. The van der Waals surface area contributed by atoms with E-state index in [-0.39, 0.29) is 23.9 Å². The second kappa shape index (κ2) is 8.21. The summed E-state index contributed by atoms with van der Waals surface area (Å²) >= 11 is 0. The number of nitrogens with one attached hydrogen (secondary N) is 1. The zero-order valence-electron chi connectivity index (χ0n) is 16.4. The van der Waals surface area contributed by atoms with Crippen molar-refractivity contribution in [3.8, 4) is 5.75 Å². The molecule has 1 amide bonds. The summed E-state index contributed by atoms with van der Waals surface area (Å²) in [7, 11) is 0. The maximum absolute atomic E-state index is 13.3. The molecule has 150 valence electrons. The number of benzene rings is 2. The SMILES string of the molecule is CC(NC(=O)c1c(O)c2cccnc2n(Cc2ccccc2)c1=O)c1ccccc1. The number of rotatable bonds is 5. The molecule has 0 aliphatic rings. The van der Waals surface area contributed by atoms with Gasteiger partial charge in [0.15, 0.2) is 0 Å². The average Bonchev–Trinajstić information content (AvgIpc) is 2.78. The molecule has 1 unspecified atom stereocenters. The standard InChI is InChI=1S/C24H21N3O3/c1-16(18-11-6-3-7-12-18)26-23(29)20-21(28)19-13-8-14-25-22(19)27(24(20)30)15-17-9-4-2-5-10-17/h2-14,16,28H,15H2,1H3,(H,26,29). The van der Waals surface area contributed by atoms with Crippen LogP contribution in [0.15, 0.2) is 83.8 Å². The molecule has 2 heterocycles. The molecular weight excluding hydrogens is 378 g/mol. The lowest BCUT2D eigenvalue weighted by Gasteiger charge is -2.17. The molecule has 0 saturated heterocycles. The quantitative estimate of drug-likeness (QED) is 0.537. The lowest BCUT2D eigenvalue weighted by atomic mass is 10.1. The number of carbonyl (C=O) groups is 1. The molecular formula is C24H21N3O3. The molecule has 4 rings (SSSR count). The number of hydrogen-bond donors (Lipinski definition) is 2. The fourth-order valence-electron chi connectivity index (χ4n) is 3.48. The van der Waals surface area contributed by atoms with Crippen molar-refractivity contribution >= 4 is 16.9 Å². The number of nitrogens with zero attached hydrogens (tertiary/aromatic N) is 2. The summed E-state index contributed by atoms with van der Waals surface area (Å²) in [6, 6.07) is 21.9. The highest BCUT2D eigenvalue weighted by Crippen LogP contribution is 2.26. The van der Waals surface area contributed by atoms with E-state index in [1.807, 2.05) is 67.6 Å². The lowest BCUT2D eigenvalue weighted by molar-refractivity contribution is 0.0935. The third-order valence-corrected chi connectivity index (χ3v) is 5.05. The highest BCUT2D eigenvalue weighted by Gasteiger charge is 2.24. The molecule has 0 radical (unpaired) electrons. The number of pyridine rings is 2. The normalized spacial score (nSPS) is 11.9. The van der Waals surface area contributed by atoms with Crippen LogP contribution in [-0.2, 0) is 6.54 Å². The lowest BCUT2D eigenvalue weighted by Crippen LogP contribution is -2.35. The second-order valence-corrected chi connectivity index (χ2v) is 7.08. The molecule has 0 saturated carbocycles. The van der Waals surface area contributed by atoms with E-state index in [0.717, 1.165) is 11.1 Å². The van der Waals surface area contributed by atoms with Gasteiger partial charge >= 0.3 is 0 Å². The number of fused-ring (bicyclic) bond motifs is 1. The van der Waals surface area contributed by atoms with Gasteiger partial charge in [-0.2, -0.15) is 0 Å². The van der Waals surface area contributed by atoms with Crippen molar-refractivity contribution in [1.29, 1.82) is 0 Å². The monoisotopic (exact) mass is 399 g/mol. The Bertz CT molecular complexity index is 1250. The molecule has 0 fully saturated rings.